The predicted octanol–water partition coefficient (Wildman–Crippen LogP) is 6.61. The summed E-state index contributed by atoms with van der Waals surface area (Å²) in [7, 11) is 0. The third kappa shape index (κ3) is 4.08. The topological polar surface area (TPSA) is 27.7 Å². The Morgan fingerprint density at radius 3 is 2.24 bits per heavy atom. The van der Waals surface area contributed by atoms with Crippen molar-refractivity contribution in [2.24, 2.45) is 11.8 Å². The summed E-state index contributed by atoms with van der Waals surface area (Å²) in [5, 5.41) is 0. The molecule has 33 heavy (non-hydrogen) atoms. The van der Waals surface area contributed by atoms with Crippen LogP contribution in [0.1, 0.15) is 56.6 Å². The first-order chi connectivity index (χ1) is 15.9. The zero-order valence-corrected chi connectivity index (χ0v) is 18.6. The lowest BCUT2D eigenvalue weighted by molar-refractivity contribution is -0.235. The Morgan fingerprint density at radius 1 is 0.939 bits per heavy atom. The van der Waals surface area contributed by atoms with Crippen LogP contribution in [0.4, 0.5) is 17.6 Å². The van der Waals surface area contributed by atoms with Gasteiger partial charge in [-0.2, -0.15) is 0 Å². The van der Waals surface area contributed by atoms with E-state index >= 15 is 4.39 Å². The monoisotopic (exact) mass is 464 g/mol. The van der Waals surface area contributed by atoms with Gasteiger partial charge in [0.2, 0.25) is 0 Å². The molecule has 0 N–H and O–H groups in total. The Kier molecular flexibility index (Phi) is 6.23. The Labute approximate surface area is 191 Å². The summed E-state index contributed by atoms with van der Waals surface area (Å²) in [5.74, 6) is -4.08. The number of ether oxygens (including phenoxy) is 3. The Bertz CT molecular complexity index is 1000. The van der Waals surface area contributed by atoms with E-state index in [4.69, 9.17) is 14.2 Å². The molecule has 0 unspecified atom stereocenters. The average Bonchev–Trinajstić information content (AvgIpc) is 3.17. The second-order valence-corrected chi connectivity index (χ2v) is 9.52. The van der Waals surface area contributed by atoms with Gasteiger partial charge in [-0.05, 0) is 55.4 Å². The van der Waals surface area contributed by atoms with Crippen LogP contribution in [0.2, 0.25) is 0 Å². The minimum atomic E-state index is -1.56. The second-order valence-electron chi connectivity index (χ2n) is 9.52. The van der Waals surface area contributed by atoms with E-state index in [1.165, 1.54) is 6.07 Å². The first-order valence-corrected chi connectivity index (χ1v) is 11.8. The highest BCUT2D eigenvalue weighted by atomic mass is 19.2. The van der Waals surface area contributed by atoms with Gasteiger partial charge < -0.3 is 14.2 Å². The molecule has 0 radical (unpaired) electrons. The minimum Gasteiger partial charge on any atom is -0.365 e. The maximum Gasteiger partial charge on any atom is 0.194 e. The normalized spacial score (nSPS) is 29.4. The van der Waals surface area contributed by atoms with Crippen LogP contribution in [0.5, 0.6) is 0 Å². The molecule has 2 aliphatic heterocycles. The molecule has 2 fully saturated rings. The third-order valence-electron chi connectivity index (χ3n) is 7.43. The number of rotatable bonds is 4. The molecule has 0 bridgehead atoms. The fraction of sp³-hybridized carbons (Fsp3) is 0.538. The Balaban J connectivity index is 1.31. The Morgan fingerprint density at radius 2 is 1.61 bits per heavy atom. The van der Waals surface area contributed by atoms with Gasteiger partial charge in [0, 0.05) is 23.0 Å². The summed E-state index contributed by atoms with van der Waals surface area (Å²) < 4.78 is 74.2. The molecule has 1 saturated heterocycles. The molecular weight excluding hydrogens is 436 g/mol. The molecular formula is C26H28F4O3. The van der Waals surface area contributed by atoms with Crippen molar-refractivity contribution in [2.75, 3.05) is 13.2 Å². The quantitative estimate of drug-likeness (QED) is 0.376. The van der Waals surface area contributed by atoms with E-state index in [2.05, 4.69) is 6.92 Å². The van der Waals surface area contributed by atoms with E-state index in [9.17, 15) is 13.2 Å². The Hall–Kier alpha value is -1.96. The molecule has 7 heteroatoms. The zero-order chi connectivity index (χ0) is 23.2. The van der Waals surface area contributed by atoms with E-state index < -0.39 is 28.9 Å². The molecule has 0 amide bonds. The van der Waals surface area contributed by atoms with Crippen LogP contribution in [0, 0.1) is 35.1 Å². The van der Waals surface area contributed by atoms with Gasteiger partial charge in [0.1, 0.15) is 5.82 Å². The van der Waals surface area contributed by atoms with Crippen molar-refractivity contribution < 1.29 is 31.8 Å². The van der Waals surface area contributed by atoms with Crippen LogP contribution in [0.15, 0.2) is 24.3 Å². The lowest BCUT2D eigenvalue weighted by Crippen LogP contribution is -2.41. The highest BCUT2D eigenvalue weighted by Gasteiger charge is 2.46. The van der Waals surface area contributed by atoms with E-state index in [0.29, 0.717) is 11.5 Å². The van der Waals surface area contributed by atoms with Gasteiger partial charge in [-0.15, -0.1) is 0 Å². The van der Waals surface area contributed by atoms with E-state index in [1.807, 2.05) is 0 Å². The summed E-state index contributed by atoms with van der Waals surface area (Å²) in [4.78, 5) is 0. The van der Waals surface area contributed by atoms with Gasteiger partial charge in [0.15, 0.2) is 23.7 Å². The average molecular weight is 464 g/mol. The second kappa shape index (κ2) is 9.01. The maximum absolute atomic E-state index is 15.4. The largest absolute Gasteiger partial charge is 0.365 e. The molecule has 5 rings (SSSR count). The van der Waals surface area contributed by atoms with Crippen LogP contribution >= 0.6 is 0 Å². The van der Waals surface area contributed by atoms with Crippen molar-refractivity contribution in [1.82, 2.24) is 0 Å². The van der Waals surface area contributed by atoms with Gasteiger partial charge in [0.05, 0.1) is 25.4 Å². The molecule has 1 spiro atoms. The van der Waals surface area contributed by atoms with Crippen molar-refractivity contribution in [3.05, 3.63) is 58.7 Å². The van der Waals surface area contributed by atoms with Gasteiger partial charge in [-0.3, -0.25) is 0 Å². The molecule has 178 valence electrons. The fourth-order valence-electron chi connectivity index (χ4n) is 5.61. The van der Waals surface area contributed by atoms with Gasteiger partial charge in [-0.1, -0.05) is 25.5 Å². The van der Waals surface area contributed by atoms with E-state index in [1.54, 1.807) is 6.07 Å². The molecule has 0 aromatic heterocycles. The van der Waals surface area contributed by atoms with Crippen LogP contribution in [0.25, 0.3) is 11.1 Å². The number of benzene rings is 2. The SMILES string of the molecule is CCCC1COC(C2CCC3(CC2)OCc2c3ccc(-c3cc(F)c(F)c(F)c3)c2F)OC1. The smallest absolute Gasteiger partial charge is 0.194 e. The third-order valence-corrected chi connectivity index (χ3v) is 7.43. The maximum atomic E-state index is 15.4. The molecule has 0 atom stereocenters. The minimum absolute atomic E-state index is 0.0338. The van der Waals surface area contributed by atoms with Crippen molar-refractivity contribution in [3.63, 3.8) is 0 Å². The molecule has 3 nitrogen and oxygen atoms in total. The first kappa shape index (κ1) is 22.8. The zero-order valence-electron chi connectivity index (χ0n) is 18.6. The first-order valence-electron chi connectivity index (χ1n) is 11.8. The summed E-state index contributed by atoms with van der Waals surface area (Å²) in [6.07, 6.45) is 5.18. The number of hydrogen-bond acceptors (Lipinski definition) is 3. The van der Waals surface area contributed by atoms with Gasteiger partial charge in [0.25, 0.3) is 0 Å². The van der Waals surface area contributed by atoms with Gasteiger partial charge >= 0.3 is 0 Å². The van der Waals surface area contributed by atoms with Crippen LogP contribution in [-0.2, 0) is 26.4 Å². The summed E-state index contributed by atoms with van der Waals surface area (Å²) >= 11 is 0. The lowest BCUT2D eigenvalue weighted by atomic mass is 9.74. The fourth-order valence-corrected chi connectivity index (χ4v) is 5.61. The van der Waals surface area contributed by atoms with E-state index in [0.717, 1.165) is 69.4 Å². The van der Waals surface area contributed by atoms with Crippen molar-refractivity contribution in [1.29, 1.82) is 0 Å². The summed E-state index contributed by atoms with van der Waals surface area (Å²) in [6.45, 7) is 3.73. The van der Waals surface area contributed by atoms with Crippen molar-refractivity contribution in [3.8, 4) is 11.1 Å². The van der Waals surface area contributed by atoms with Crippen molar-refractivity contribution >= 4 is 0 Å². The molecule has 1 aliphatic carbocycles. The molecule has 2 aromatic rings. The number of halogens is 4. The highest BCUT2D eigenvalue weighted by molar-refractivity contribution is 5.67. The molecule has 2 aromatic carbocycles. The molecule has 1 saturated carbocycles. The predicted molar refractivity (Wildman–Crippen MR) is 114 cm³/mol. The summed E-state index contributed by atoms with van der Waals surface area (Å²) in [6, 6.07) is 4.91. The van der Waals surface area contributed by atoms with Gasteiger partial charge in [-0.25, -0.2) is 17.6 Å². The lowest BCUT2D eigenvalue weighted by Gasteiger charge is -2.41. The number of fused-ring (bicyclic) bond motifs is 2. The molecule has 2 heterocycles. The van der Waals surface area contributed by atoms with Crippen LogP contribution in [0.3, 0.4) is 0 Å². The standard InChI is InChI=1S/C26H28F4O3/c1-2-3-15-12-31-25(32-13-15)16-6-8-26(9-7-16)20-5-4-18(23(29)19(20)14-33-26)17-10-21(27)24(30)22(28)11-17/h4-5,10-11,15-16,25H,2-3,6-9,12-14H2,1H3. The van der Waals surface area contributed by atoms with E-state index in [-0.39, 0.29) is 29.9 Å². The molecule has 3 aliphatic rings. The summed E-state index contributed by atoms with van der Waals surface area (Å²) in [5.41, 5.74) is 0.627. The van der Waals surface area contributed by atoms with Crippen LogP contribution < -0.4 is 0 Å². The number of hydrogen-bond donors (Lipinski definition) is 0. The van der Waals surface area contributed by atoms with Crippen LogP contribution in [-0.4, -0.2) is 19.5 Å². The van der Waals surface area contributed by atoms with Crippen molar-refractivity contribution in [2.45, 2.75) is 63.9 Å². The highest BCUT2D eigenvalue weighted by Crippen LogP contribution is 2.50.